The first kappa shape index (κ1) is 41.6. The van der Waals surface area contributed by atoms with E-state index in [4.69, 9.17) is 17.3 Å². The normalized spacial score (nSPS) is 18.7. The number of amides is 3. The van der Waals surface area contributed by atoms with E-state index in [0.29, 0.717) is 44.8 Å². The number of rotatable bonds is 12. The Morgan fingerprint density at radius 1 is 1.03 bits per heavy atom. The molecule has 4 aromatic rings. The van der Waals surface area contributed by atoms with Gasteiger partial charge in [-0.2, -0.15) is 18.3 Å². The summed E-state index contributed by atoms with van der Waals surface area (Å²) in [6.07, 6.45) is -0.349. The number of imidazole rings is 1. The van der Waals surface area contributed by atoms with Crippen LogP contribution in [-0.2, 0) is 22.2 Å². The number of halogens is 4. The number of pyridine rings is 1. The summed E-state index contributed by atoms with van der Waals surface area (Å²) in [6.45, 7) is 5.83. The standard InChI is InChI=1S/C39H45ClF3N11O5/c1-2-26-19-53(38(59)32(22-15-45-16-22)21-7-9-52(10-8-21)20-31(55)56)11-12-54(26)37(58)27-5-4-24(14-29(27)40)49-36(57)35-47-18-25(48-35)13-28-33(30-6-3-23(44)17-46-30)50-51-34(28)39(41,42)43/h3-6,14,17-18,21-22,26,32,45H,2,7-13,15-16,19-20,44H2,1H3,(H,47,48)(H,49,57)(H,50,51)(H,55,56)/t26-,32?/m1/s1. The minimum atomic E-state index is -4.74. The third kappa shape index (κ3) is 9.21. The third-order valence-electron chi connectivity index (χ3n) is 11.5. The molecule has 1 unspecified atom stereocenters. The van der Waals surface area contributed by atoms with Crippen molar-refractivity contribution in [3.05, 3.63) is 76.1 Å². The van der Waals surface area contributed by atoms with E-state index < -0.39 is 23.7 Å². The Bertz CT molecular complexity index is 2180. The molecule has 0 spiro atoms. The molecular formula is C39H45ClF3N11O5. The van der Waals surface area contributed by atoms with Gasteiger partial charge < -0.3 is 36.3 Å². The monoisotopic (exact) mass is 839 g/mol. The smallest absolute Gasteiger partial charge is 0.433 e. The molecule has 6 heterocycles. The van der Waals surface area contributed by atoms with E-state index in [1.807, 2.05) is 16.7 Å². The van der Waals surface area contributed by atoms with Crippen LogP contribution in [0.5, 0.6) is 0 Å². The number of nitrogens with zero attached hydrogens (tertiary/aromatic N) is 6. The number of aromatic nitrogens is 5. The van der Waals surface area contributed by atoms with Crippen LogP contribution in [-0.4, -0.2) is 127 Å². The van der Waals surface area contributed by atoms with Crippen molar-refractivity contribution in [1.82, 2.24) is 45.2 Å². The van der Waals surface area contributed by atoms with Gasteiger partial charge >= 0.3 is 12.1 Å². The lowest BCUT2D eigenvalue weighted by atomic mass is 9.73. The molecule has 314 valence electrons. The molecule has 2 atom stereocenters. The Labute approximate surface area is 342 Å². The number of hydrogen-bond acceptors (Lipinski definition) is 10. The number of aromatic amines is 2. The molecule has 59 heavy (non-hydrogen) atoms. The average molecular weight is 840 g/mol. The third-order valence-corrected chi connectivity index (χ3v) is 11.8. The molecule has 3 aliphatic heterocycles. The number of nitrogens with two attached hydrogens (primary N) is 1. The number of alkyl halides is 3. The maximum Gasteiger partial charge on any atom is 0.433 e. The number of carbonyl (C=O) groups is 4. The Balaban J connectivity index is 0.980. The number of anilines is 2. The van der Waals surface area contributed by atoms with Gasteiger partial charge in [0.15, 0.2) is 5.82 Å². The van der Waals surface area contributed by atoms with Crippen molar-refractivity contribution in [3.63, 3.8) is 0 Å². The maximum absolute atomic E-state index is 14.2. The molecule has 3 amide bonds. The van der Waals surface area contributed by atoms with Gasteiger partial charge in [-0.25, -0.2) is 4.98 Å². The summed E-state index contributed by atoms with van der Waals surface area (Å²) in [4.78, 5) is 69.0. The first-order valence-electron chi connectivity index (χ1n) is 19.5. The van der Waals surface area contributed by atoms with Crippen LogP contribution >= 0.6 is 11.6 Å². The Hall–Kier alpha value is -5.53. The van der Waals surface area contributed by atoms with Crippen LogP contribution < -0.4 is 16.4 Å². The molecular weight excluding hydrogens is 795 g/mol. The zero-order valence-electron chi connectivity index (χ0n) is 32.2. The fraction of sp³-hybridized carbons (Fsp3) is 0.462. The number of H-pyrrole nitrogens is 2. The number of carboxylic acids is 1. The second kappa shape index (κ2) is 17.4. The molecule has 7 N–H and O–H groups in total. The van der Waals surface area contributed by atoms with E-state index in [2.05, 4.69) is 35.8 Å². The summed E-state index contributed by atoms with van der Waals surface area (Å²) < 4.78 is 41.7. The number of hydrogen-bond donors (Lipinski definition) is 6. The number of nitrogen functional groups attached to an aromatic ring is 1. The topological polar surface area (TPSA) is 219 Å². The van der Waals surface area contributed by atoms with E-state index in [1.165, 1.54) is 42.7 Å². The summed E-state index contributed by atoms with van der Waals surface area (Å²) in [5, 5.41) is 21.2. The van der Waals surface area contributed by atoms with Crippen LogP contribution in [0.25, 0.3) is 11.4 Å². The van der Waals surface area contributed by atoms with Gasteiger partial charge in [0.1, 0.15) is 11.4 Å². The number of piperidine rings is 1. The first-order chi connectivity index (χ1) is 28.2. The van der Waals surface area contributed by atoms with Crippen LogP contribution in [0.2, 0.25) is 5.02 Å². The van der Waals surface area contributed by atoms with Gasteiger partial charge in [-0.1, -0.05) is 18.5 Å². The van der Waals surface area contributed by atoms with Crippen molar-refractivity contribution < 1.29 is 37.5 Å². The average Bonchev–Trinajstić information content (AvgIpc) is 3.84. The lowest BCUT2D eigenvalue weighted by Gasteiger charge is -2.46. The van der Waals surface area contributed by atoms with Gasteiger partial charge in [-0.3, -0.25) is 34.2 Å². The van der Waals surface area contributed by atoms with E-state index in [9.17, 15) is 37.5 Å². The van der Waals surface area contributed by atoms with Crippen LogP contribution in [0.1, 0.15) is 64.1 Å². The predicted molar refractivity (Wildman–Crippen MR) is 210 cm³/mol. The molecule has 0 saturated carbocycles. The quantitative estimate of drug-likeness (QED) is 0.120. The first-order valence-corrected chi connectivity index (χ1v) is 19.8. The number of carbonyl (C=O) groups excluding carboxylic acids is 3. The lowest BCUT2D eigenvalue weighted by molar-refractivity contribution is -0.145. The van der Waals surface area contributed by atoms with Crippen molar-refractivity contribution in [3.8, 4) is 11.4 Å². The highest BCUT2D eigenvalue weighted by Gasteiger charge is 2.44. The van der Waals surface area contributed by atoms with Crippen molar-refractivity contribution in [2.45, 2.75) is 44.8 Å². The van der Waals surface area contributed by atoms with E-state index in [-0.39, 0.29) is 93.3 Å². The van der Waals surface area contributed by atoms with Crippen LogP contribution in [0.3, 0.4) is 0 Å². The Kier molecular flexibility index (Phi) is 12.3. The number of likely N-dealkylation sites (tertiary alicyclic amines) is 1. The summed E-state index contributed by atoms with van der Waals surface area (Å²) in [7, 11) is 0. The maximum atomic E-state index is 14.2. The van der Waals surface area contributed by atoms with Gasteiger partial charge in [0.25, 0.3) is 11.8 Å². The molecule has 1 aromatic carbocycles. The molecule has 3 aromatic heterocycles. The highest BCUT2D eigenvalue weighted by molar-refractivity contribution is 6.34. The van der Waals surface area contributed by atoms with Gasteiger partial charge in [-0.05, 0) is 87.6 Å². The van der Waals surface area contributed by atoms with Gasteiger partial charge in [0.05, 0.1) is 34.7 Å². The number of piperazine rings is 1. The minimum Gasteiger partial charge on any atom is -0.480 e. The van der Waals surface area contributed by atoms with E-state index >= 15 is 0 Å². The molecule has 3 aliphatic rings. The van der Waals surface area contributed by atoms with Crippen LogP contribution in [0.15, 0.2) is 42.7 Å². The molecule has 0 bridgehead atoms. The van der Waals surface area contributed by atoms with Crippen LogP contribution in [0.4, 0.5) is 24.5 Å². The molecule has 20 heteroatoms. The van der Waals surface area contributed by atoms with Crippen molar-refractivity contribution in [1.29, 1.82) is 0 Å². The Morgan fingerprint density at radius 2 is 1.80 bits per heavy atom. The summed E-state index contributed by atoms with van der Waals surface area (Å²) in [5.74, 6) is -1.73. The second-order valence-corrected chi connectivity index (χ2v) is 15.7. The van der Waals surface area contributed by atoms with Crippen LogP contribution in [0, 0.1) is 17.8 Å². The van der Waals surface area contributed by atoms with Gasteiger partial charge in [-0.15, -0.1) is 0 Å². The highest BCUT2D eigenvalue weighted by atomic mass is 35.5. The molecule has 16 nitrogen and oxygen atoms in total. The summed E-state index contributed by atoms with van der Waals surface area (Å²) in [6, 6.07) is 7.17. The molecule has 0 radical (unpaired) electrons. The van der Waals surface area contributed by atoms with E-state index in [0.717, 1.165) is 25.9 Å². The minimum absolute atomic E-state index is 0.00186. The SMILES string of the molecule is CC[C@@H]1CN(C(=O)C(C2CCN(CC(=O)O)CC2)C2CNC2)CCN1C(=O)c1ccc(NC(=O)c2ncc(Cc3c(-c4ccc(N)cn4)n[nH]c3C(F)(F)F)[nH]2)cc1Cl. The number of carboxylic acid groups (broad SMARTS) is 1. The fourth-order valence-corrected chi connectivity index (χ4v) is 8.55. The van der Waals surface area contributed by atoms with Gasteiger partial charge in [0, 0.05) is 61.2 Å². The summed E-state index contributed by atoms with van der Waals surface area (Å²) in [5.41, 5.74) is 5.60. The number of benzene rings is 1. The molecule has 3 fully saturated rings. The van der Waals surface area contributed by atoms with Crippen molar-refractivity contribution >= 4 is 46.7 Å². The van der Waals surface area contributed by atoms with Crippen molar-refractivity contribution in [2.75, 3.05) is 63.4 Å². The number of aliphatic carboxylic acids is 1. The zero-order chi connectivity index (χ0) is 42.0. The fourth-order valence-electron chi connectivity index (χ4n) is 8.29. The van der Waals surface area contributed by atoms with Gasteiger partial charge in [0.2, 0.25) is 5.91 Å². The molecule has 0 aliphatic carbocycles. The number of nitrogens with one attached hydrogen (secondary N) is 4. The zero-order valence-corrected chi connectivity index (χ0v) is 32.9. The Morgan fingerprint density at radius 3 is 2.42 bits per heavy atom. The largest absolute Gasteiger partial charge is 0.480 e. The lowest BCUT2D eigenvalue weighted by Crippen LogP contribution is -2.60. The molecule has 7 rings (SSSR count). The predicted octanol–water partition coefficient (Wildman–Crippen LogP) is 3.99. The second-order valence-electron chi connectivity index (χ2n) is 15.3. The summed E-state index contributed by atoms with van der Waals surface area (Å²) >= 11 is 6.63. The highest BCUT2D eigenvalue weighted by Crippen LogP contribution is 2.37. The van der Waals surface area contributed by atoms with E-state index in [1.54, 1.807) is 4.90 Å². The van der Waals surface area contributed by atoms with Crippen molar-refractivity contribution in [2.24, 2.45) is 17.8 Å². The molecule has 3 saturated heterocycles.